The Morgan fingerprint density at radius 2 is 1.96 bits per heavy atom. The number of benzene rings is 1. The number of methoxy groups -OCH3 is 1. The molecule has 0 radical (unpaired) electrons. The van der Waals surface area contributed by atoms with Gasteiger partial charge in [-0.1, -0.05) is 30.7 Å². The van der Waals surface area contributed by atoms with Crippen LogP contribution in [0.2, 0.25) is 0 Å². The van der Waals surface area contributed by atoms with Gasteiger partial charge < -0.3 is 25.7 Å². The summed E-state index contributed by atoms with van der Waals surface area (Å²) in [5.41, 5.74) is 3.52. The summed E-state index contributed by atoms with van der Waals surface area (Å²) in [5.74, 6) is 0.831. The first-order valence-corrected chi connectivity index (χ1v) is 9.31. The Bertz CT molecular complexity index is 886. The van der Waals surface area contributed by atoms with Gasteiger partial charge in [0, 0.05) is 16.9 Å². The standard InChI is InChI=1S/C18H18N3O2S.Na.2H2O/c1-23-15-10-11-19-17-12(15)6-2-5-9-16(17)24(22)18-20-13-7-3-4-8-14(13)21-18;;;/h3-4,7-8,10-11,16H,2,5-6,9H2,1H3;;2*1H2/q-1;+1;;/t16-,24+;;;/m1.../s1. The molecular weight excluding hydrogens is 377 g/mol. The molecule has 1 aliphatic carbocycles. The van der Waals surface area contributed by atoms with Gasteiger partial charge in [0.1, 0.15) is 5.75 Å². The molecule has 140 valence electrons. The van der Waals surface area contributed by atoms with E-state index in [1.165, 1.54) is 0 Å². The molecular formula is C18H22N3NaO4S. The predicted molar refractivity (Wildman–Crippen MR) is 99.8 cm³/mol. The van der Waals surface area contributed by atoms with Crippen LogP contribution in [0.1, 0.15) is 35.8 Å². The van der Waals surface area contributed by atoms with Gasteiger partial charge in [-0.15, -0.1) is 0 Å². The molecule has 9 heteroatoms. The largest absolute Gasteiger partial charge is 1.00 e. The number of rotatable bonds is 3. The van der Waals surface area contributed by atoms with Crippen LogP contribution in [-0.2, 0) is 17.2 Å². The number of para-hydroxylation sites is 2. The molecule has 1 aromatic carbocycles. The Labute approximate surface area is 182 Å². The van der Waals surface area contributed by atoms with Crippen molar-refractivity contribution >= 4 is 21.8 Å². The molecule has 3 aromatic rings. The maximum absolute atomic E-state index is 13.2. The van der Waals surface area contributed by atoms with Gasteiger partial charge in [0.2, 0.25) is 0 Å². The summed E-state index contributed by atoms with van der Waals surface area (Å²) in [6.07, 6.45) is 5.52. The van der Waals surface area contributed by atoms with Gasteiger partial charge in [0.15, 0.2) is 0 Å². The third-order valence-electron chi connectivity index (χ3n) is 4.47. The molecule has 0 fully saturated rings. The number of hydrogen-bond donors (Lipinski definition) is 0. The van der Waals surface area contributed by atoms with Gasteiger partial charge >= 0.3 is 29.6 Å². The second-order valence-corrected chi connectivity index (χ2v) is 7.43. The first kappa shape index (κ1) is 23.7. The van der Waals surface area contributed by atoms with Crippen molar-refractivity contribution in [2.24, 2.45) is 0 Å². The first-order chi connectivity index (χ1) is 11.8. The van der Waals surface area contributed by atoms with E-state index < -0.39 is 10.8 Å². The van der Waals surface area contributed by atoms with Crippen molar-refractivity contribution < 1.29 is 49.5 Å². The first-order valence-electron chi connectivity index (χ1n) is 8.09. The Kier molecular flexibility index (Phi) is 9.07. The van der Waals surface area contributed by atoms with Crippen molar-refractivity contribution in [3.05, 3.63) is 47.8 Å². The van der Waals surface area contributed by atoms with E-state index in [0.29, 0.717) is 5.16 Å². The van der Waals surface area contributed by atoms with Crippen molar-refractivity contribution in [1.29, 1.82) is 0 Å². The van der Waals surface area contributed by atoms with Gasteiger partial charge in [0.25, 0.3) is 0 Å². The van der Waals surface area contributed by atoms with E-state index in [4.69, 9.17) is 4.74 Å². The number of imidazole rings is 1. The third-order valence-corrected chi connectivity index (χ3v) is 5.98. The van der Waals surface area contributed by atoms with Crippen molar-refractivity contribution in [2.45, 2.75) is 36.1 Å². The quantitative estimate of drug-likeness (QED) is 0.392. The zero-order chi connectivity index (χ0) is 16.5. The van der Waals surface area contributed by atoms with E-state index in [9.17, 15) is 4.21 Å². The Morgan fingerprint density at radius 1 is 1.19 bits per heavy atom. The second kappa shape index (κ2) is 10.3. The number of pyridine rings is 1. The van der Waals surface area contributed by atoms with E-state index in [1.807, 2.05) is 30.3 Å². The summed E-state index contributed by atoms with van der Waals surface area (Å²) in [4.78, 5) is 13.5. The van der Waals surface area contributed by atoms with Gasteiger partial charge in [0.05, 0.1) is 28.9 Å². The average Bonchev–Trinajstić information content (AvgIpc) is 2.93. The zero-order valence-electron chi connectivity index (χ0n) is 15.4. The molecule has 4 rings (SSSR count). The van der Waals surface area contributed by atoms with Crippen LogP contribution in [0.4, 0.5) is 0 Å². The van der Waals surface area contributed by atoms with Crippen LogP contribution in [0.15, 0.2) is 41.7 Å². The molecule has 0 bridgehead atoms. The zero-order valence-corrected chi connectivity index (χ0v) is 18.3. The van der Waals surface area contributed by atoms with Crippen molar-refractivity contribution in [2.75, 3.05) is 7.11 Å². The summed E-state index contributed by atoms with van der Waals surface area (Å²) in [7, 11) is 0.341. The number of aromatic nitrogens is 3. The normalized spacial score (nSPS) is 16.7. The average molecular weight is 399 g/mol. The summed E-state index contributed by atoms with van der Waals surface area (Å²) in [5, 5.41) is 0.216. The molecule has 2 atom stereocenters. The fraction of sp³-hybridized carbons (Fsp3) is 0.333. The minimum atomic E-state index is -1.33. The number of nitrogens with zero attached hydrogens (tertiary/aromatic N) is 3. The van der Waals surface area contributed by atoms with Crippen LogP contribution >= 0.6 is 0 Å². The van der Waals surface area contributed by atoms with Crippen LogP contribution in [0, 0.1) is 0 Å². The summed E-state index contributed by atoms with van der Waals surface area (Å²) in [6.45, 7) is 0. The smallest absolute Gasteiger partial charge is 0.496 e. The Hall–Kier alpha value is -1.29. The summed E-state index contributed by atoms with van der Waals surface area (Å²) < 4.78 is 18.7. The third kappa shape index (κ3) is 4.59. The van der Waals surface area contributed by atoms with Gasteiger partial charge in [-0.05, 0) is 36.4 Å². The van der Waals surface area contributed by atoms with Gasteiger partial charge in [-0.25, -0.2) is 0 Å². The molecule has 0 saturated carbocycles. The van der Waals surface area contributed by atoms with Crippen LogP contribution in [0.5, 0.6) is 5.75 Å². The molecule has 4 N–H and O–H groups in total. The SMILES string of the molecule is COc1ccnc2c1CCCC[C@H]2[S@](=O)c1nc2ccccc2[n-]1.O.O.[Na+]. The molecule has 0 amide bonds. The van der Waals surface area contributed by atoms with Gasteiger partial charge in [-0.2, -0.15) is 0 Å². The second-order valence-electron chi connectivity index (χ2n) is 5.90. The molecule has 7 nitrogen and oxygen atoms in total. The Morgan fingerprint density at radius 3 is 2.70 bits per heavy atom. The minimum Gasteiger partial charge on any atom is -0.496 e. The van der Waals surface area contributed by atoms with E-state index in [0.717, 1.165) is 53.7 Å². The maximum Gasteiger partial charge on any atom is 1.00 e. The number of ether oxygens (including phenoxy) is 1. The predicted octanol–water partition coefficient (Wildman–Crippen LogP) is -1.47. The van der Waals surface area contributed by atoms with E-state index >= 15 is 0 Å². The fourth-order valence-corrected chi connectivity index (χ4v) is 4.71. The van der Waals surface area contributed by atoms with E-state index in [1.54, 1.807) is 13.3 Å². The van der Waals surface area contributed by atoms with E-state index in [2.05, 4.69) is 15.0 Å². The monoisotopic (exact) mass is 399 g/mol. The minimum absolute atomic E-state index is 0. The van der Waals surface area contributed by atoms with Crippen LogP contribution < -0.4 is 39.3 Å². The summed E-state index contributed by atoms with van der Waals surface area (Å²) in [6, 6.07) is 9.49. The molecule has 2 aromatic heterocycles. The topological polar surface area (TPSA) is 129 Å². The van der Waals surface area contributed by atoms with E-state index in [-0.39, 0.29) is 45.8 Å². The molecule has 2 heterocycles. The van der Waals surface area contributed by atoms with Crippen molar-refractivity contribution in [1.82, 2.24) is 15.0 Å². The molecule has 0 unspecified atom stereocenters. The summed E-state index contributed by atoms with van der Waals surface area (Å²) >= 11 is 0. The molecule has 0 spiro atoms. The van der Waals surface area contributed by atoms with Crippen LogP contribution in [-0.4, -0.2) is 32.2 Å². The van der Waals surface area contributed by atoms with Gasteiger partial charge in [-0.3, -0.25) is 9.19 Å². The molecule has 0 aliphatic heterocycles. The Balaban J connectivity index is 0.00000121. The molecule has 0 saturated heterocycles. The number of fused-ring (bicyclic) bond motifs is 2. The number of hydrogen-bond acceptors (Lipinski definition) is 4. The maximum atomic E-state index is 13.2. The molecule has 27 heavy (non-hydrogen) atoms. The van der Waals surface area contributed by atoms with Crippen molar-refractivity contribution in [3.63, 3.8) is 0 Å². The van der Waals surface area contributed by atoms with Crippen LogP contribution in [0.3, 0.4) is 0 Å². The molecule has 1 aliphatic rings. The fourth-order valence-electron chi connectivity index (χ4n) is 3.29. The van der Waals surface area contributed by atoms with Crippen molar-refractivity contribution in [3.8, 4) is 5.75 Å². The van der Waals surface area contributed by atoms with Crippen LogP contribution in [0.25, 0.3) is 11.0 Å².